The highest BCUT2D eigenvalue weighted by Gasteiger charge is 2.19. The molecule has 2 aromatic rings. The van der Waals surface area contributed by atoms with Gasteiger partial charge in [0.25, 0.3) is 5.91 Å². The molecule has 2 rings (SSSR count). The zero-order valence-electron chi connectivity index (χ0n) is 16.4. The van der Waals surface area contributed by atoms with Crippen LogP contribution in [-0.2, 0) is 32.0 Å². The predicted molar refractivity (Wildman–Crippen MR) is 105 cm³/mol. The highest BCUT2D eigenvalue weighted by atomic mass is 16.5. The first-order valence-electron chi connectivity index (χ1n) is 9.02. The Hall–Kier alpha value is -3.15. The van der Waals surface area contributed by atoms with Gasteiger partial charge in [0.05, 0.1) is 19.6 Å². The van der Waals surface area contributed by atoms with Crippen molar-refractivity contribution in [3.05, 3.63) is 65.2 Å². The third-order valence-electron chi connectivity index (χ3n) is 4.24. The first-order valence-corrected chi connectivity index (χ1v) is 9.02. The van der Waals surface area contributed by atoms with Crippen LogP contribution in [0.1, 0.15) is 23.6 Å². The molecule has 0 aromatic heterocycles. The zero-order valence-corrected chi connectivity index (χ0v) is 16.4. The van der Waals surface area contributed by atoms with Crippen molar-refractivity contribution in [3.63, 3.8) is 0 Å². The lowest BCUT2D eigenvalue weighted by Gasteiger charge is -2.16. The Morgan fingerprint density at radius 2 is 1.79 bits per heavy atom. The van der Waals surface area contributed by atoms with Crippen LogP contribution in [0.4, 0.5) is 0 Å². The number of carbonyl (C=O) groups is 3. The fourth-order valence-electron chi connectivity index (χ4n) is 2.78. The smallest absolute Gasteiger partial charge is 0.310 e. The summed E-state index contributed by atoms with van der Waals surface area (Å²) in [5, 5.41) is 2.63. The molecule has 6 nitrogen and oxygen atoms in total. The number of esters is 1. The van der Waals surface area contributed by atoms with E-state index >= 15 is 0 Å². The van der Waals surface area contributed by atoms with E-state index in [2.05, 4.69) is 5.32 Å². The molecule has 0 heterocycles. The Bertz CT molecular complexity index is 832. The van der Waals surface area contributed by atoms with Crippen molar-refractivity contribution in [2.45, 2.75) is 32.7 Å². The van der Waals surface area contributed by atoms with Crippen LogP contribution in [-0.4, -0.2) is 37.4 Å². The summed E-state index contributed by atoms with van der Waals surface area (Å²) in [6, 6.07) is 14.2. The van der Waals surface area contributed by atoms with Crippen molar-refractivity contribution in [3.8, 4) is 5.75 Å². The topological polar surface area (TPSA) is 81.7 Å². The second kappa shape index (κ2) is 10.3. The predicted octanol–water partition coefficient (Wildman–Crippen LogP) is 2.41. The number of ketones is 1. The van der Waals surface area contributed by atoms with Crippen molar-refractivity contribution >= 4 is 17.7 Å². The number of nitrogens with one attached hydrogen (secondary N) is 1. The Morgan fingerprint density at radius 1 is 1.07 bits per heavy atom. The molecule has 0 aliphatic rings. The molecule has 1 amide bonds. The fraction of sp³-hybridized carbons (Fsp3) is 0.318. The number of ether oxygens (including phenoxy) is 2. The number of aryl methyl sites for hydroxylation is 1. The molecule has 0 spiro atoms. The van der Waals surface area contributed by atoms with Gasteiger partial charge in [-0.05, 0) is 31.9 Å². The standard InChI is InChI=1S/C22H25NO5/c1-15-9-10-20(27-3)18(11-15)13-22(26)28-14-21(25)23-19(16(2)24)12-17-7-5-4-6-8-17/h4-11,19H,12-14H2,1-3H3,(H,23,25)/t19-/m1/s1. The number of hydrogen-bond acceptors (Lipinski definition) is 5. The Kier molecular flexibility index (Phi) is 7.75. The van der Waals surface area contributed by atoms with Crippen LogP contribution in [0.2, 0.25) is 0 Å². The van der Waals surface area contributed by atoms with Crippen LogP contribution in [0, 0.1) is 6.92 Å². The maximum absolute atomic E-state index is 12.1. The third kappa shape index (κ3) is 6.54. The van der Waals surface area contributed by atoms with E-state index in [1.165, 1.54) is 14.0 Å². The fourth-order valence-corrected chi connectivity index (χ4v) is 2.78. The summed E-state index contributed by atoms with van der Waals surface area (Å²) < 4.78 is 10.3. The van der Waals surface area contributed by atoms with Gasteiger partial charge in [0.2, 0.25) is 0 Å². The quantitative estimate of drug-likeness (QED) is 0.673. The highest BCUT2D eigenvalue weighted by molar-refractivity contribution is 5.89. The molecule has 0 unspecified atom stereocenters. The van der Waals surface area contributed by atoms with Gasteiger partial charge in [-0.3, -0.25) is 14.4 Å². The van der Waals surface area contributed by atoms with E-state index in [0.29, 0.717) is 17.7 Å². The van der Waals surface area contributed by atoms with Crippen molar-refractivity contribution in [1.82, 2.24) is 5.32 Å². The third-order valence-corrected chi connectivity index (χ3v) is 4.24. The van der Waals surface area contributed by atoms with Crippen LogP contribution in [0.3, 0.4) is 0 Å². The maximum atomic E-state index is 12.1. The molecular weight excluding hydrogens is 358 g/mol. The molecule has 2 aromatic carbocycles. The lowest BCUT2D eigenvalue weighted by molar-refractivity contribution is -0.148. The minimum atomic E-state index is -0.662. The summed E-state index contributed by atoms with van der Waals surface area (Å²) in [6.45, 7) is 2.89. The lowest BCUT2D eigenvalue weighted by Crippen LogP contribution is -2.43. The number of carbonyl (C=O) groups excluding carboxylic acids is 3. The molecule has 0 fully saturated rings. The summed E-state index contributed by atoms with van der Waals surface area (Å²) in [5.41, 5.74) is 2.62. The molecule has 1 N–H and O–H groups in total. The van der Waals surface area contributed by atoms with Gasteiger partial charge in [-0.25, -0.2) is 0 Å². The number of benzene rings is 2. The Labute approximate surface area is 164 Å². The first kappa shape index (κ1) is 21.2. The van der Waals surface area contributed by atoms with Gasteiger partial charge in [0, 0.05) is 5.56 Å². The van der Waals surface area contributed by atoms with E-state index in [1.807, 2.05) is 49.4 Å². The van der Waals surface area contributed by atoms with Crippen molar-refractivity contribution in [2.75, 3.05) is 13.7 Å². The summed E-state index contributed by atoms with van der Waals surface area (Å²) >= 11 is 0. The molecule has 0 aliphatic heterocycles. The van der Waals surface area contributed by atoms with Crippen LogP contribution < -0.4 is 10.1 Å². The van der Waals surface area contributed by atoms with Crippen LogP contribution in [0.25, 0.3) is 0 Å². The largest absolute Gasteiger partial charge is 0.496 e. The normalized spacial score (nSPS) is 11.4. The van der Waals surface area contributed by atoms with Crippen LogP contribution in [0.15, 0.2) is 48.5 Å². The molecule has 28 heavy (non-hydrogen) atoms. The van der Waals surface area contributed by atoms with Crippen LogP contribution >= 0.6 is 0 Å². The molecule has 6 heteroatoms. The first-order chi connectivity index (χ1) is 13.4. The van der Waals surface area contributed by atoms with Crippen LogP contribution in [0.5, 0.6) is 5.75 Å². The molecule has 0 saturated carbocycles. The zero-order chi connectivity index (χ0) is 20.5. The average Bonchev–Trinajstić information content (AvgIpc) is 2.67. The van der Waals surface area contributed by atoms with Crippen molar-refractivity contribution < 1.29 is 23.9 Å². The SMILES string of the molecule is COc1ccc(C)cc1CC(=O)OCC(=O)N[C@H](Cc1ccccc1)C(C)=O. The van der Waals surface area contributed by atoms with E-state index in [-0.39, 0.29) is 12.2 Å². The van der Waals surface area contributed by atoms with Gasteiger partial charge in [-0.2, -0.15) is 0 Å². The summed E-state index contributed by atoms with van der Waals surface area (Å²) in [4.78, 5) is 36.0. The second-order valence-corrected chi connectivity index (χ2v) is 6.57. The highest BCUT2D eigenvalue weighted by Crippen LogP contribution is 2.20. The number of rotatable bonds is 9. The van der Waals surface area contributed by atoms with E-state index in [4.69, 9.17) is 9.47 Å². The average molecular weight is 383 g/mol. The number of hydrogen-bond donors (Lipinski definition) is 1. The van der Waals surface area contributed by atoms with Crippen molar-refractivity contribution in [2.24, 2.45) is 0 Å². The van der Waals surface area contributed by atoms with E-state index < -0.39 is 24.5 Å². The van der Waals surface area contributed by atoms with Crippen molar-refractivity contribution in [1.29, 1.82) is 0 Å². The molecule has 0 radical (unpaired) electrons. The molecular formula is C22H25NO5. The van der Waals surface area contributed by atoms with Gasteiger partial charge in [-0.1, -0.05) is 48.0 Å². The van der Waals surface area contributed by atoms with Gasteiger partial charge < -0.3 is 14.8 Å². The summed E-state index contributed by atoms with van der Waals surface area (Å²) in [6.07, 6.45) is 0.384. The van der Waals surface area contributed by atoms with Gasteiger partial charge in [0.15, 0.2) is 12.4 Å². The Balaban J connectivity index is 1.87. The van der Waals surface area contributed by atoms with E-state index in [9.17, 15) is 14.4 Å². The molecule has 1 atom stereocenters. The van der Waals surface area contributed by atoms with Gasteiger partial charge in [-0.15, -0.1) is 0 Å². The van der Waals surface area contributed by atoms with E-state index in [0.717, 1.165) is 11.1 Å². The Morgan fingerprint density at radius 3 is 2.43 bits per heavy atom. The number of methoxy groups -OCH3 is 1. The minimum Gasteiger partial charge on any atom is -0.496 e. The van der Waals surface area contributed by atoms with E-state index in [1.54, 1.807) is 6.07 Å². The number of amides is 1. The van der Waals surface area contributed by atoms with Gasteiger partial charge in [0.1, 0.15) is 5.75 Å². The van der Waals surface area contributed by atoms with Gasteiger partial charge >= 0.3 is 5.97 Å². The minimum absolute atomic E-state index is 0.00170. The molecule has 0 bridgehead atoms. The molecule has 148 valence electrons. The lowest BCUT2D eigenvalue weighted by atomic mass is 10.0. The maximum Gasteiger partial charge on any atom is 0.310 e. The molecule has 0 aliphatic carbocycles. The number of Topliss-reactive ketones (excluding diaryl/α,β-unsaturated/α-hetero) is 1. The second-order valence-electron chi connectivity index (χ2n) is 6.57. The summed E-state index contributed by atoms with van der Waals surface area (Å²) in [5.74, 6) is -0.623. The molecule has 0 saturated heterocycles. The summed E-state index contributed by atoms with van der Waals surface area (Å²) in [7, 11) is 1.53. The monoisotopic (exact) mass is 383 g/mol.